The van der Waals surface area contributed by atoms with Crippen molar-refractivity contribution in [1.82, 2.24) is 9.88 Å². The summed E-state index contributed by atoms with van der Waals surface area (Å²) in [7, 11) is 5.28. The highest BCUT2D eigenvalue weighted by Gasteiger charge is 2.15. The Labute approximate surface area is 156 Å². The topological polar surface area (TPSA) is 34.6 Å². The van der Waals surface area contributed by atoms with Crippen molar-refractivity contribution < 1.29 is 13.9 Å². The zero-order valence-corrected chi connectivity index (χ0v) is 15.8. The molecule has 0 saturated carbocycles. The SMILES string of the molecule is COc1cccc(-c2nc(CN(C)Cc3ccc(F)cc3)cs2)c1OC. The van der Waals surface area contributed by atoms with Crippen LogP contribution < -0.4 is 9.47 Å². The van der Waals surface area contributed by atoms with E-state index in [-0.39, 0.29) is 5.82 Å². The monoisotopic (exact) mass is 372 g/mol. The van der Waals surface area contributed by atoms with Crippen molar-refractivity contribution >= 4 is 11.3 Å². The highest BCUT2D eigenvalue weighted by molar-refractivity contribution is 7.13. The average molecular weight is 372 g/mol. The summed E-state index contributed by atoms with van der Waals surface area (Å²) in [5, 5.41) is 2.95. The number of rotatable bonds is 7. The second-order valence-corrected chi connectivity index (χ2v) is 6.84. The van der Waals surface area contributed by atoms with Gasteiger partial charge in [0.2, 0.25) is 0 Å². The number of nitrogens with zero attached hydrogens (tertiary/aromatic N) is 2. The van der Waals surface area contributed by atoms with E-state index in [1.54, 1.807) is 37.7 Å². The minimum absolute atomic E-state index is 0.215. The number of thiazole rings is 1. The van der Waals surface area contributed by atoms with Gasteiger partial charge in [0.05, 0.1) is 25.5 Å². The number of hydrogen-bond acceptors (Lipinski definition) is 5. The first-order valence-corrected chi connectivity index (χ1v) is 9.07. The lowest BCUT2D eigenvalue weighted by Gasteiger charge is -2.15. The fourth-order valence-corrected chi connectivity index (χ4v) is 3.63. The standard InChI is InChI=1S/C20H21FN2O2S/c1-23(11-14-7-9-15(21)10-8-14)12-16-13-26-20(22-16)17-5-4-6-18(24-2)19(17)25-3/h4-10,13H,11-12H2,1-3H3. The normalized spacial score (nSPS) is 11.0. The van der Waals surface area contributed by atoms with Gasteiger partial charge < -0.3 is 9.47 Å². The zero-order valence-electron chi connectivity index (χ0n) is 15.0. The van der Waals surface area contributed by atoms with Crippen molar-refractivity contribution in [3.05, 3.63) is 64.9 Å². The number of halogens is 1. The largest absolute Gasteiger partial charge is 0.493 e. The van der Waals surface area contributed by atoms with E-state index in [1.807, 2.05) is 25.2 Å². The number of methoxy groups -OCH3 is 2. The maximum absolute atomic E-state index is 13.0. The van der Waals surface area contributed by atoms with Crippen LogP contribution in [-0.2, 0) is 13.1 Å². The Morgan fingerprint density at radius 1 is 1.04 bits per heavy atom. The van der Waals surface area contributed by atoms with Gasteiger partial charge in [-0.05, 0) is 36.9 Å². The minimum atomic E-state index is -0.215. The molecule has 0 aliphatic carbocycles. The molecule has 1 heterocycles. The van der Waals surface area contributed by atoms with Crippen LogP contribution in [-0.4, -0.2) is 31.2 Å². The third-order valence-electron chi connectivity index (χ3n) is 3.98. The van der Waals surface area contributed by atoms with Gasteiger partial charge in [0, 0.05) is 18.5 Å². The fraction of sp³-hybridized carbons (Fsp3) is 0.250. The Bertz CT molecular complexity index is 865. The van der Waals surface area contributed by atoms with E-state index < -0.39 is 0 Å². The van der Waals surface area contributed by atoms with Gasteiger partial charge in [-0.3, -0.25) is 4.90 Å². The first-order chi connectivity index (χ1) is 12.6. The van der Waals surface area contributed by atoms with Crippen LogP contribution in [0.3, 0.4) is 0 Å². The van der Waals surface area contributed by atoms with Gasteiger partial charge >= 0.3 is 0 Å². The van der Waals surface area contributed by atoms with Gasteiger partial charge in [0.25, 0.3) is 0 Å². The molecule has 0 unspecified atom stereocenters. The maximum Gasteiger partial charge on any atom is 0.170 e. The Morgan fingerprint density at radius 2 is 1.81 bits per heavy atom. The van der Waals surface area contributed by atoms with E-state index in [2.05, 4.69) is 10.3 Å². The van der Waals surface area contributed by atoms with Crippen LogP contribution in [0.15, 0.2) is 47.8 Å². The van der Waals surface area contributed by atoms with E-state index in [0.717, 1.165) is 28.4 Å². The van der Waals surface area contributed by atoms with Crippen LogP contribution in [0.2, 0.25) is 0 Å². The van der Waals surface area contributed by atoms with Crippen LogP contribution in [0.25, 0.3) is 10.6 Å². The summed E-state index contributed by atoms with van der Waals surface area (Å²) in [6, 6.07) is 12.4. The summed E-state index contributed by atoms with van der Waals surface area (Å²) in [6.45, 7) is 1.44. The van der Waals surface area contributed by atoms with Gasteiger partial charge in [-0.15, -0.1) is 11.3 Å². The second kappa shape index (κ2) is 8.29. The van der Waals surface area contributed by atoms with Crippen molar-refractivity contribution in [3.8, 4) is 22.1 Å². The molecule has 0 saturated heterocycles. The van der Waals surface area contributed by atoms with Crippen LogP contribution in [0.1, 0.15) is 11.3 Å². The smallest absolute Gasteiger partial charge is 0.170 e. The number of hydrogen-bond donors (Lipinski definition) is 0. The highest BCUT2D eigenvalue weighted by Crippen LogP contribution is 2.39. The molecule has 0 amide bonds. The summed E-state index contributed by atoms with van der Waals surface area (Å²) in [6.07, 6.45) is 0. The molecular formula is C20H21FN2O2S. The second-order valence-electron chi connectivity index (χ2n) is 5.98. The van der Waals surface area contributed by atoms with Crippen molar-refractivity contribution in [3.63, 3.8) is 0 Å². The first kappa shape index (κ1) is 18.4. The number of para-hydroxylation sites is 1. The third-order valence-corrected chi connectivity index (χ3v) is 4.91. The maximum atomic E-state index is 13.0. The van der Waals surface area contributed by atoms with E-state index in [0.29, 0.717) is 18.0 Å². The van der Waals surface area contributed by atoms with Gasteiger partial charge in [-0.1, -0.05) is 18.2 Å². The molecule has 3 rings (SSSR count). The molecule has 0 spiro atoms. The summed E-state index contributed by atoms with van der Waals surface area (Å²) >= 11 is 1.58. The fourth-order valence-electron chi connectivity index (χ4n) is 2.79. The summed E-state index contributed by atoms with van der Waals surface area (Å²) in [5.41, 5.74) is 2.97. The van der Waals surface area contributed by atoms with Crippen molar-refractivity contribution in [1.29, 1.82) is 0 Å². The molecule has 0 radical (unpaired) electrons. The van der Waals surface area contributed by atoms with Gasteiger partial charge in [0.1, 0.15) is 10.8 Å². The van der Waals surface area contributed by atoms with Crippen molar-refractivity contribution in [2.75, 3.05) is 21.3 Å². The quantitative estimate of drug-likeness (QED) is 0.607. The Morgan fingerprint density at radius 3 is 2.50 bits per heavy atom. The predicted molar refractivity (Wildman–Crippen MR) is 102 cm³/mol. The lowest BCUT2D eigenvalue weighted by molar-refractivity contribution is 0.315. The summed E-state index contributed by atoms with van der Waals surface area (Å²) < 4.78 is 23.9. The van der Waals surface area contributed by atoms with Crippen LogP contribution in [0.4, 0.5) is 4.39 Å². The third kappa shape index (κ3) is 4.20. The number of aromatic nitrogens is 1. The van der Waals surface area contributed by atoms with Crippen molar-refractivity contribution in [2.45, 2.75) is 13.1 Å². The van der Waals surface area contributed by atoms with E-state index in [9.17, 15) is 4.39 Å². The van der Waals surface area contributed by atoms with Gasteiger partial charge in [-0.2, -0.15) is 0 Å². The molecule has 2 aromatic carbocycles. The van der Waals surface area contributed by atoms with Crippen LogP contribution >= 0.6 is 11.3 Å². The molecule has 0 N–H and O–H groups in total. The molecule has 1 aromatic heterocycles. The molecule has 26 heavy (non-hydrogen) atoms. The Hall–Kier alpha value is -2.44. The molecular weight excluding hydrogens is 351 g/mol. The zero-order chi connectivity index (χ0) is 18.5. The number of ether oxygens (including phenoxy) is 2. The van der Waals surface area contributed by atoms with Crippen molar-refractivity contribution in [2.24, 2.45) is 0 Å². The molecule has 0 aliphatic heterocycles. The molecule has 0 bridgehead atoms. The molecule has 0 fully saturated rings. The minimum Gasteiger partial charge on any atom is -0.493 e. The van der Waals surface area contributed by atoms with Crippen LogP contribution in [0.5, 0.6) is 11.5 Å². The molecule has 4 nitrogen and oxygen atoms in total. The van der Waals surface area contributed by atoms with Crippen LogP contribution in [0, 0.1) is 5.82 Å². The van der Waals surface area contributed by atoms with E-state index >= 15 is 0 Å². The predicted octanol–water partition coefficient (Wildman–Crippen LogP) is 4.60. The van der Waals surface area contributed by atoms with E-state index in [1.165, 1.54) is 12.1 Å². The molecule has 0 atom stereocenters. The van der Waals surface area contributed by atoms with Gasteiger partial charge in [0.15, 0.2) is 11.5 Å². The average Bonchev–Trinajstić information content (AvgIpc) is 3.11. The summed E-state index contributed by atoms with van der Waals surface area (Å²) in [4.78, 5) is 6.89. The lowest BCUT2D eigenvalue weighted by atomic mass is 10.2. The number of benzene rings is 2. The summed E-state index contributed by atoms with van der Waals surface area (Å²) in [5.74, 6) is 1.17. The lowest BCUT2D eigenvalue weighted by Crippen LogP contribution is -2.17. The molecule has 0 aliphatic rings. The molecule has 6 heteroatoms. The molecule has 3 aromatic rings. The first-order valence-electron chi connectivity index (χ1n) is 8.19. The Kier molecular flexibility index (Phi) is 5.85. The Balaban J connectivity index is 1.73. The van der Waals surface area contributed by atoms with E-state index in [4.69, 9.17) is 14.5 Å². The van der Waals surface area contributed by atoms with Gasteiger partial charge in [-0.25, -0.2) is 9.37 Å². The highest BCUT2D eigenvalue weighted by atomic mass is 32.1. The molecule has 136 valence electrons.